The van der Waals surface area contributed by atoms with Gasteiger partial charge in [-0.25, -0.2) is 4.79 Å². The first-order valence-corrected chi connectivity index (χ1v) is 9.05. The van der Waals surface area contributed by atoms with E-state index < -0.39 is 6.04 Å². The summed E-state index contributed by atoms with van der Waals surface area (Å²) in [4.78, 5) is 26.5. The van der Waals surface area contributed by atoms with E-state index in [1.54, 1.807) is 12.0 Å². The van der Waals surface area contributed by atoms with Gasteiger partial charge in [0.05, 0.1) is 6.61 Å². The molecule has 1 atom stereocenters. The number of nitrogens with zero attached hydrogens (tertiary/aromatic N) is 1. The van der Waals surface area contributed by atoms with Crippen LogP contribution in [0.2, 0.25) is 0 Å². The molecule has 1 saturated heterocycles. The first-order valence-electron chi connectivity index (χ1n) is 9.05. The van der Waals surface area contributed by atoms with Crippen LogP contribution < -0.4 is 10.6 Å². The van der Waals surface area contributed by atoms with Gasteiger partial charge in [0, 0.05) is 25.9 Å². The van der Waals surface area contributed by atoms with Crippen molar-refractivity contribution in [2.45, 2.75) is 32.5 Å². The van der Waals surface area contributed by atoms with Gasteiger partial charge in [-0.05, 0) is 36.6 Å². The first-order chi connectivity index (χ1) is 13.0. The Morgan fingerprint density at radius 3 is 2.44 bits per heavy atom. The van der Waals surface area contributed by atoms with Crippen molar-refractivity contribution in [3.63, 3.8) is 0 Å². The summed E-state index contributed by atoms with van der Waals surface area (Å²) >= 11 is 0. The molecule has 1 heterocycles. The number of urea groups is 1. The van der Waals surface area contributed by atoms with Crippen molar-refractivity contribution in [2.75, 3.05) is 19.0 Å². The second-order valence-corrected chi connectivity index (χ2v) is 6.82. The lowest BCUT2D eigenvalue weighted by molar-refractivity contribution is -0.129. The fourth-order valence-corrected chi connectivity index (χ4v) is 3.12. The Morgan fingerprint density at radius 1 is 1.11 bits per heavy atom. The summed E-state index contributed by atoms with van der Waals surface area (Å²) in [5.41, 5.74) is 3.99. The molecule has 1 fully saturated rings. The zero-order valence-electron chi connectivity index (χ0n) is 15.7. The van der Waals surface area contributed by atoms with Crippen LogP contribution in [0.4, 0.5) is 10.5 Å². The molecule has 0 aromatic heterocycles. The van der Waals surface area contributed by atoms with Crippen LogP contribution >= 0.6 is 0 Å². The maximum atomic E-state index is 12.6. The molecule has 0 saturated carbocycles. The highest BCUT2D eigenvalue weighted by atomic mass is 16.5. The molecular weight excluding hydrogens is 342 g/mol. The number of rotatable bonds is 6. The zero-order valence-corrected chi connectivity index (χ0v) is 15.7. The molecule has 3 amide bonds. The van der Waals surface area contributed by atoms with Gasteiger partial charge in [0.2, 0.25) is 5.91 Å². The molecule has 0 unspecified atom stereocenters. The maximum Gasteiger partial charge on any atom is 0.319 e. The number of hydrogen-bond acceptors (Lipinski definition) is 3. The molecule has 0 aliphatic carbocycles. The zero-order chi connectivity index (χ0) is 19.2. The lowest BCUT2D eigenvalue weighted by Gasteiger charge is -2.17. The van der Waals surface area contributed by atoms with E-state index in [0.717, 1.165) is 11.1 Å². The number of carbonyl (C=O) groups excluding carboxylic acids is 2. The lowest BCUT2D eigenvalue weighted by atomic mass is 10.1. The van der Waals surface area contributed by atoms with Crippen LogP contribution in [0.15, 0.2) is 48.5 Å². The smallest absolute Gasteiger partial charge is 0.319 e. The van der Waals surface area contributed by atoms with Crippen LogP contribution in [0.3, 0.4) is 0 Å². The van der Waals surface area contributed by atoms with Gasteiger partial charge < -0.3 is 20.3 Å². The highest BCUT2D eigenvalue weighted by molar-refractivity contribution is 5.94. The van der Waals surface area contributed by atoms with Gasteiger partial charge in [-0.3, -0.25) is 4.79 Å². The quantitative estimate of drug-likeness (QED) is 0.824. The van der Waals surface area contributed by atoms with Gasteiger partial charge >= 0.3 is 6.03 Å². The summed E-state index contributed by atoms with van der Waals surface area (Å²) in [5, 5.41) is 5.54. The van der Waals surface area contributed by atoms with Gasteiger partial charge in [0.1, 0.15) is 6.04 Å². The van der Waals surface area contributed by atoms with E-state index in [4.69, 9.17) is 4.74 Å². The maximum absolute atomic E-state index is 12.6. The number of ether oxygens (including phenoxy) is 1. The molecule has 27 heavy (non-hydrogen) atoms. The minimum Gasteiger partial charge on any atom is -0.380 e. The molecular formula is C21H25N3O3. The molecule has 6 heteroatoms. The Labute approximate surface area is 159 Å². The molecule has 142 valence electrons. The predicted molar refractivity (Wildman–Crippen MR) is 104 cm³/mol. The molecule has 1 aliphatic heterocycles. The third-order valence-corrected chi connectivity index (χ3v) is 4.62. The van der Waals surface area contributed by atoms with Crippen molar-refractivity contribution < 1.29 is 14.3 Å². The number of anilines is 1. The number of amides is 3. The SMILES string of the molecule is COCc1ccc(NC(=O)N[C@H]2CCN(Cc3ccc(C)cc3)C2=O)cc1. The van der Waals surface area contributed by atoms with Crippen molar-refractivity contribution >= 4 is 17.6 Å². The van der Waals surface area contributed by atoms with E-state index in [1.165, 1.54) is 5.56 Å². The second-order valence-electron chi connectivity index (χ2n) is 6.82. The molecule has 0 bridgehead atoms. The molecule has 2 aromatic rings. The van der Waals surface area contributed by atoms with E-state index in [1.807, 2.05) is 55.5 Å². The third-order valence-electron chi connectivity index (χ3n) is 4.62. The Morgan fingerprint density at radius 2 is 1.78 bits per heavy atom. The molecule has 0 spiro atoms. The fourth-order valence-electron chi connectivity index (χ4n) is 3.12. The van der Waals surface area contributed by atoms with Crippen molar-refractivity contribution in [2.24, 2.45) is 0 Å². The number of aryl methyl sites for hydroxylation is 1. The Hall–Kier alpha value is -2.86. The molecule has 1 aliphatic rings. The predicted octanol–water partition coefficient (Wildman–Crippen LogP) is 3.06. The molecule has 3 rings (SSSR count). The van der Waals surface area contributed by atoms with Crippen molar-refractivity contribution in [1.29, 1.82) is 0 Å². The number of nitrogens with one attached hydrogen (secondary N) is 2. The average Bonchev–Trinajstić information content (AvgIpc) is 2.99. The summed E-state index contributed by atoms with van der Waals surface area (Å²) in [5.74, 6) is -0.0406. The van der Waals surface area contributed by atoms with Crippen LogP contribution in [-0.4, -0.2) is 36.5 Å². The Kier molecular flexibility index (Phi) is 6.08. The number of hydrogen-bond donors (Lipinski definition) is 2. The van der Waals surface area contributed by atoms with Gasteiger partial charge in [0.15, 0.2) is 0 Å². The number of carbonyl (C=O) groups is 2. The monoisotopic (exact) mass is 367 g/mol. The number of likely N-dealkylation sites (tertiary alicyclic amines) is 1. The summed E-state index contributed by atoms with van der Waals surface area (Å²) in [6, 6.07) is 14.7. The van der Waals surface area contributed by atoms with E-state index in [2.05, 4.69) is 10.6 Å². The van der Waals surface area contributed by atoms with Crippen LogP contribution in [0, 0.1) is 6.92 Å². The minimum absolute atomic E-state index is 0.0406. The average molecular weight is 367 g/mol. The Bertz CT molecular complexity index is 787. The highest BCUT2D eigenvalue weighted by Crippen LogP contribution is 2.16. The van der Waals surface area contributed by atoms with Crippen molar-refractivity contribution in [3.8, 4) is 0 Å². The van der Waals surface area contributed by atoms with E-state index in [0.29, 0.717) is 31.8 Å². The van der Waals surface area contributed by atoms with E-state index in [9.17, 15) is 9.59 Å². The number of benzene rings is 2. The van der Waals surface area contributed by atoms with Gasteiger partial charge in [-0.1, -0.05) is 42.0 Å². The van der Waals surface area contributed by atoms with Crippen molar-refractivity contribution in [1.82, 2.24) is 10.2 Å². The number of methoxy groups -OCH3 is 1. The molecule has 6 nitrogen and oxygen atoms in total. The topological polar surface area (TPSA) is 70.7 Å². The summed E-state index contributed by atoms with van der Waals surface area (Å²) in [6.45, 7) is 3.78. The van der Waals surface area contributed by atoms with Gasteiger partial charge in [0.25, 0.3) is 0 Å². The largest absolute Gasteiger partial charge is 0.380 e. The summed E-state index contributed by atoms with van der Waals surface area (Å²) < 4.78 is 5.07. The standard InChI is InChI=1S/C21H25N3O3/c1-15-3-5-16(6-4-15)13-24-12-11-19(20(24)25)23-21(26)22-18-9-7-17(8-10-18)14-27-2/h3-10,19H,11-14H2,1-2H3,(H2,22,23,26)/t19-/m0/s1. The van der Waals surface area contributed by atoms with Crippen molar-refractivity contribution in [3.05, 3.63) is 65.2 Å². The molecule has 0 radical (unpaired) electrons. The van der Waals surface area contributed by atoms with Gasteiger partial charge in [-0.2, -0.15) is 0 Å². The summed E-state index contributed by atoms with van der Waals surface area (Å²) in [6.07, 6.45) is 0.616. The highest BCUT2D eigenvalue weighted by Gasteiger charge is 2.32. The summed E-state index contributed by atoms with van der Waals surface area (Å²) in [7, 11) is 1.64. The molecule has 2 N–H and O–H groups in total. The first kappa shape index (κ1) is 18.9. The third kappa shape index (κ3) is 5.08. The molecule has 2 aromatic carbocycles. The van der Waals surface area contributed by atoms with Crippen LogP contribution in [0.1, 0.15) is 23.1 Å². The Balaban J connectivity index is 1.51. The van der Waals surface area contributed by atoms with Crippen LogP contribution in [0.5, 0.6) is 0 Å². The minimum atomic E-state index is -0.483. The van der Waals surface area contributed by atoms with Crippen LogP contribution in [0.25, 0.3) is 0 Å². The van der Waals surface area contributed by atoms with Gasteiger partial charge in [-0.15, -0.1) is 0 Å². The van der Waals surface area contributed by atoms with E-state index >= 15 is 0 Å². The van der Waals surface area contributed by atoms with E-state index in [-0.39, 0.29) is 11.9 Å². The fraction of sp³-hybridized carbons (Fsp3) is 0.333. The normalized spacial score (nSPS) is 16.4. The second kappa shape index (κ2) is 8.68. The lowest BCUT2D eigenvalue weighted by Crippen LogP contribution is -2.43. The van der Waals surface area contributed by atoms with Crippen LogP contribution in [-0.2, 0) is 22.7 Å².